The second kappa shape index (κ2) is 10.6. The molecule has 1 saturated carbocycles. The summed E-state index contributed by atoms with van der Waals surface area (Å²) in [5.41, 5.74) is 5.96. The van der Waals surface area contributed by atoms with Crippen LogP contribution in [0.2, 0.25) is 0 Å². The molecule has 1 aliphatic carbocycles. The number of ether oxygens (including phenoxy) is 1. The Labute approximate surface area is 206 Å². The van der Waals surface area contributed by atoms with Crippen LogP contribution >= 0.6 is 0 Å². The van der Waals surface area contributed by atoms with E-state index in [1.165, 1.54) is 6.07 Å². The molecule has 2 aromatic heterocycles. The van der Waals surface area contributed by atoms with Crippen molar-refractivity contribution in [2.24, 2.45) is 11.7 Å². The van der Waals surface area contributed by atoms with Crippen molar-refractivity contribution < 1.29 is 27.5 Å². The fourth-order valence-corrected chi connectivity index (χ4v) is 4.97. The molecule has 1 fully saturated rings. The number of pyridine rings is 2. The number of hydrogen-bond donors (Lipinski definition) is 1. The number of methoxy groups -OCH3 is 1. The van der Waals surface area contributed by atoms with E-state index in [0.29, 0.717) is 11.5 Å². The fraction of sp³-hybridized carbons (Fsp3) is 0.333. The lowest BCUT2D eigenvalue weighted by molar-refractivity contribution is 0.0599. The molecule has 2 N–H and O–H groups in total. The molecule has 0 saturated heterocycles. The van der Waals surface area contributed by atoms with E-state index in [4.69, 9.17) is 5.73 Å². The van der Waals surface area contributed by atoms with Crippen LogP contribution in [-0.4, -0.2) is 34.9 Å². The van der Waals surface area contributed by atoms with Gasteiger partial charge in [0.1, 0.15) is 28.8 Å². The number of esters is 1. The molecule has 1 aromatic carbocycles. The molecule has 0 spiro atoms. The number of benzene rings is 1. The smallest absolute Gasteiger partial charge is 0.338 e. The van der Waals surface area contributed by atoms with E-state index < -0.39 is 40.5 Å². The van der Waals surface area contributed by atoms with Crippen molar-refractivity contribution in [2.75, 3.05) is 7.11 Å². The molecular weight excluding hydrogens is 471 g/mol. The van der Waals surface area contributed by atoms with Crippen LogP contribution in [0.15, 0.2) is 42.7 Å². The van der Waals surface area contributed by atoms with Crippen LogP contribution in [0.4, 0.5) is 13.2 Å². The van der Waals surface area contributed by atoms with Gasteiger partial charge in [0.25, 0.3) is 0 Å². The highest BCUT2D eigenvalue weighted by molar-refractivity contribution is 5.96. The van der Waals surface area contributed by atoms with Crippen molar-refractivity contribution in [3.05, 3.63) is 82.6 Å². The Bertz CT molecular complexity index is 1280. The summed E-state index contributed by atoms with van der Waals surface area (Å²) in [6, 6.07) is 5.54. The predicted molar refractivity (Wildman–Crippen MR) is 127 cm³/mol. The Morgan fingerprint density at radius 1 is 1.06 bits per heavy atom. The van der Waals surface area contributed by atoms with Crippen molar-refractivity contribution in [1.29, 1.82) is 0 Å². The molecule has 0 amide bonds. The van der Waals surface area contributed by atoms with Gasteiger partial charge < -0.3 is 10.5 Å². The number of carbonyl (C=O) groups is 2. The summed E-state index contributed by atoms with van der Waals surface area (Å²) in [6.07, 6.45) is 5.92. The molecule has 6 nitrogen and oxygen atoms in total. The van der Waals surface area contributed by atoms with Gasteiger partial charge in [0, 0.05) is 24.9 Å². The molecule has 3 atom stereocenters. The van der Waals surface area contributed by atoms with Crippen LogP contribution in [0.1, 0.15) is 64.1 Å². The summed E-state index contributed by atoms with van der Waals surface area (Å²) >= 11 is 0. The number of hydrogen-bond acceptors (Lipinski definition) is 6. The second-order valence-electron chi connectivity index (χ2n) is 9.28. The third-order valence-corrected chi connectivity index (χ3v) is 6.54. The van der Waals surface area contributed by atoms with Crippen LogP contribution in [0.5, 0.6) is 0 Å². The molecule has 9 heteroatoms. The lowest BCUT2D eigenvalue weighted by atomic mass is 9.75. The highest BCUT2D eigenvalue weighted by Gasteiger charge is 2.28. The maximum absolute atomic E-state index is 14.7. The summed E-state index contributed by atoms with van der Waals surface area (Å²) in [5.74, 6) is -4.19. The Morgan fingerprint density at radius 3 is 2.44 bits per heavy atom. The zero-order valence-corrected chi connectivity index (χ0v) is 19.9. The summed E-state index contributed by atoms with van der Waals surface area (Å²) < 4.78 is 48.5. The molecule has 0 bridgehead atoms. The molecule has 3 aromatic rings. The largest absolute Gasteiger partial charge is 0.465 e. The van der Waals surface area contributed by atoms with Crippen LogP contribution < -0.4 is 5.73 Å². The first-order valence-corrected chi connectivity index (χ1v) is 11.6. The number of nitrogens with two attached hydrogens (primary N) is 1. The SMILES string of the molecule is COC(=O)c1cc(F)c(-c2nc(C(=O)Cc3cnccc3[C@@H]3C[C@H](C)C[C@H](N)C3)ccc2F)c(F)c1. The van der Waals surface area contributed by atoms with Gasteiger partial charge in [-0.15, -0.1) is 0 Å². The number of halogens is 3. The van der Waals surface area contributed by atoms with E-state index in [-0.39, 0.29) is 29.6 Å². The minimum atomic E-state index is -1.20. The fourth-order valence-electron chi connectivity index (χ4n) is 4.97. The lowest BCUT2D eigenvalue weighted by Gasteiger charge is -2.32. The molecule has 1 aliphatic rings. The van der Waals surface area contributed by atoms with E-state index in [0.717, 1.165) is 50.1 Å². The minimum Gasteiger partial charge on any atom is -0.465 e. The van der Waals surface area contributed by atoms with Crippen molar-refractivity contribution in [2.45, 2.75) is 44.6 Å². The van der Waals surface area contributed by atoms with Crippen LogP contribution in [0.25, 0.3) is 11.3 Å². The standard InChI is InChI=1S/C27H26F3N3O3/c1-14-7-15(9-18(31)8-14)19-5-6-32-13-17(19)12-24(34)23-4-3-20(28)26(33-23)25-21(29)10-16(11-22(25)30)27(35)36-2/h3-6,10-11,13-15,18H,7-9,12,31H2,1-2H3/t14-,15+,18-/m0/s1. The summed E-state index contributed by atoms with van der Waals surface area (Å²) in [7, 11) is 1.07. The topological polar surface area (TPSA) is 95.2 Å². The molecule has 36 heavy (non-hydrogen) atoms. The second-order valence-corrected chi connectivity index (χ2v) is 9.28. The average Bonchev–Trinajstić information content (AvgIpc) is 2.83. The van der Waals surface area contributed by atoms with Crippen LogP contribution in [0.3, 0.4) is 0 Å². The molecular formula is C27H26F3N3O3. The van der Waals surface area contributed by atoms with E-state index in [1.807, 2.05) is 6.07 Å². The van der Waals surface area contributed by atoms with E-state index in [9.17, 15) is 22.8 Å². The molecule has 4 rings (SSSR count). The Hall–Kier alpha value is -3.59. The van der Waals surface area contributed by atoms with Gasteiger partial charge in [-0.05, 0) is 72.6 Å². The summed E-state index contributed by atoms with van der Waals surface area (Å²) in [4.78, 5) is 32.9. The van der Waals surface area contributed by atoms with Crippen LogP contribution in [0, 0.1) is 23.4 Å². The highest BCUT2D eigenvalue weighted by atomic mass is 19.1. The average molecular weight is 498 g/mol. The van der Waals surface area contributed by atoms with Gasteiger partial charge in [-0.3, -0.25) is 9.78 Å². The van der Waals surface area contributed by atoms with Gasteiger partial charge in [-0.25, -0.2) is 22.9 Å². The number of carbonyl (C=O) groups excluding carboxylic acids is 2. The normalized spacial score (nSPS) is 19.7. The van der Waals surface area contributed by atoms with Crippen molar-refractivity contribution in [1.82, 2.24) is 9.97 Å². The first kappa shape index (κ1) is 25.5. The van der Waals surface area contributed by atoms with Crippen molar-refractivity contribution in [3.63, 3.8) is 0 Å². The van der Waals surface area contributed by atoms with Crippen molar-refractivity contribution in [3.8, 4) is 11.3 Å². The zero-order chi connectivity index (χ0) is 26.0. The highest BCUT2D eigenvalue weighted by Crippen LogP contribution is 2.37. The third kappa shape index (κ3) is 5.31. The Morgan fingerprint density at radius 2 is 1.78 bits per heavy atom. The Balaban J connectivity index is 1.65. The molecule has 0 unspecified atom stereocenters. The van der Waals surface area contributed by atoms with Gasteiger partial charge in [0.15, 0.2) is 5.78 Å². The molecule has 2 heterocycles. The number of Topliss-reactive ketones (excluding diaryl/α,β-unsaturated/α-hetero) is 1. The lowest BCUT2D eigenvalue weighted by Crippen LogP contribution is -2.31. The van der Waals surface area contributed by atoms with E-state index in [1.54, 1.807) is 12.4 Å². The Kier molecular flexibility index (Phi) is 7.49. The predicted octanol–water partition coefficient (Wildman–Crippen LogP) is 5.00. The van der Waals surface area contributed by atoms with Crippen molar-refractivity contribution >= 4 is 11.8 Å². The third-order valence-electron chi connectivity index (χ3n) is 6.54. The van der Waals surface area contributed by atoms with Gasteiger partial charge in [-0.2, -0.15) is 0 Å². The zero-order valence-electron chi connectivity index (χ0n) is 19.9. The molecule has 0 aliphatic heterocycles. The minimum absolute atomic E-state index is 0.0619. The van der Waals surface area contributed by atoms with Gasteiger partial charge in [0.2, 0.25) is 0 Å². The van der Waals surface area contributed by atoms with Gasteiger partial charge >= 0.3 is 5.97 Å². The first-order valence-electron chi connectivity index (χ1n) is 11.6. The van der Waals surface area contributed by atoms with Gasteiger partial charge in [0.05, 0.1) is 18.2 Å². The summed E-state index contributed by atoms with van der Waals surface area (Å²) in [6.45, 7) is 2.15. The van der Waals surface area contributed by atoms with E-state index in [2.05, 4.69) is 21.6 Å². The summed E-state index contributed by atoms with van der Waals surface area (Å²) in [5, 5.41) is 0. The number of ketones is 1. The maximum atomic E-state index is 14.7. The number of aromatic nitrogens is 2. The number of nitrogens with zero attached hydrogens (tertiary/aromatic N) is 2. The quantitative estimate of drug-likeness (QED) is 0.380. The van der Waals surface area contributed by atoms with Crippen LogP contribution in [-0.2, 0) is 11.2 Å². The number of rotatable bonds is 6. The molecule has 188 valence electrons. The maximum Gasteiger partial charge on any atom is 0.338 e. The van der Waals surface area contributed by atoms with Gasteiger partial charge in [-0.1, -0.05) is 6.92 Å². The first-order chi connectivity index (χ1) is 17.2. The van der Waals surface area contributed by atoms with E-state index >= 15 is 0 Å². The monoisotopic (exact) mass is 497 g/mol. The molecule has 0 radical (unpaired) electrons.